The van der Waals surface area contributed by atoms with E-state index in [1.807, 2.05) is 0 Å². The molecule has 26 heavy (non-hydrogen) atoms. The Hall–Kier alpha value is -0.120. The number of aliphatic imine (C=N–C) groups is 1. The summed E-state index contributed by atoms with van der Waals surface area (Å²) in [5.41, 5.74) is 0. The normalized spacial score (nSPS) is 23.5. The Bertz CT molecular complexity index is 390. The highest BCUT2D eigenvalue weighted by Crippen LogP contribution is 2.20. The van der Waals surface area contributed by atoms with Crippen LogP contribution in [-0.4, -0.2) is 87.9 Å². The van der Waals surface area contributed by atoms with Crippen LogP contribution in [0.15, 0.2) is 4.99 Å². The molecule has 6 nitrogen and oxygen atoms in total. The molecule has 1 aliphatic carbocycles. The zero-order chi connectivity index (χ0) is 17.9. The van der Waals surface area contributed by atoms with Crippen molar-refractivity contribution in [2.75, 3.05) is 60.0 Å². The molecule has 2 fully saturated rings. The number of hydrogen-bond acceptors (Lipinski definition) is 4. The summed E-state index contributed by atoms with van der Waals surface area (Å²) in [5.74, 6) is 0.932. The molecule has 154 valence electrons. The first kappa shape index (κ1) is 23.9. The van der Waals surface area contributed by atoms with Crippen molar-refractivity contribution in [3.05, 3.63) is 0 Å². The summed E-state index contributed by atoms with van der Waals surface area (Å²) < 4.78 is 5.99. The molecule has 0 spiro atoms. The second-order valence-electron chi connectivity index (χ2n) is 7.53. The van der Waals surface area contributed by atoms with Crippen LogP contribution in [0.5, 0.6) is 0 Å². The fourth-order valence-electron chi connectivity index (χ4n) is 3.60. The van der Waals surface area contributed by atoms with Crippen molar-refractivity contribution in [1.29, 1.82) is 0 Å². The predicted octanol–water partition coefficient (Wildman–Crippen LogP) is 2.14. The predicted molar refractivity (Wildman–Crippen MR) is 121 cm³/mol. The first-order valence-corrected chi connectivity index (χ1v) is 10.2. The Morgan fingerprint density at radius 2 is 1.88 bits per heavy atom. The maximum absolute atomic E-state index is 5.99. The standard InChI is InChI=1S/C19H39N5O.HI/c1-4-20-19(22-15-17-16-23(2)12-13-24(17)3)21-11-8-14-25-18-9-6-5-7-10-18;/h17-18H,4-16H2,1-3H3,(H2,20,21,22);1H. The van der Waals surface area contributed by atoms with Gasteiger partial charge in [-0.25, -0.2) is 0 Å². The number of hydrogen-bond donors (Lipinski definition) is 2. The molecule has 1 unspecified atom stereocenters. The lowest BCUT2D eigenvalue weighted by molar-refractivity contribution is 0.0277. The topological polar surface area (TPSA) is 52.1 Å². The minimum atomic E-state index is 0. The van der Waals surface area contributed by atoms with Crippen LogP contribution in [0.25, 0.3) is 0 Å². The van der Waals surface area contributed by atoms with Gasteiger partial charge in [-0.1, -0.05) is 19.3 Å². The molecule has 7 heteroatoms. The highest BCUT2D eigenvalue weighted by atomic mass is 127. The van der Waals surface area contributed by atoms with Crippen molar-refractivity contribution in [1.82, 2.24) is 20.4 Å². The lowest BCUT2D eigenvalue weighted by atomic mass is 9.98. The van der Waals surface area contributed by atoms with Crippen LogP contribution >= 0.6 is 24.0 Å². The lowest BCUT2D eigenvalue weighted by Crippen LogP contribution is -2.51. The number of nitrogens with one attached hydrogen (secondary N) is 2. The third-order valence-electron chi connectivity index (χ3n) is 5.30. The fourth-order valence-corrected chi connectivity index (χ4v) is 3.60. The van der Waals surface area contributed by atoms with E-state index < -0.39 is 0 Å². The Balaban J connectivity index is 0.00000338. The van der Waals surface area contributed by atoms with E-state index in [0.717, 1.165) is 58.3 Å². The zero-order valence-electron chi connectivity index (χ0n) is 17.0. The molecule has 0 bridgehead atoms. The molecule has 2 rings (SSSR count). The van der Waals surface area contributed by atoms with Gasteiger partial charge in [0.25, 0.3) is 0 Å². The molecular weight excluding hydrogens is 441 g/mol. The molecule has 1 atom stereocenters. The van der Waals surface area contributed by atoms with Gasteiger partial charge in [-0.05, 0) is 40.3 Å². The van der Waals surface area contributed by atoms with Crippen molar-refractivity contribution in [2.24, 2.45) is 4.99 Å². The van der Waals surface area contributed by atoms with Gasteiger partial charge in [0.05, 0.1) is 12.6 Å². The molecule has 2 N–H and O–H groups in total. The number of rotatable bonds is 8. The summed E-state index contributed by atoms with van der Waals surface area (Å²) >= 11 is 0. The van der Waals surface area contributed by atoms with Crippen LogP contribution in [0, 0.1) is 0 Å². The van der Waals surface area contributed by atoms with Crippen molar-refractivity contribution in [3.63, 3.8) is 0 Å². The van der Waals surface area contributed by atoms with E-state index in [9.17, 15) is 0 Å². The van der Waals surface area contributed by atoms with E-state index in [2.05, 4.69) is 41.5 Å². The van der Waals surface area contributed by atoms with Crippen molar-refractivity contribution in [2.45, 2.75) is 57.6 Å². The van der Waals surface area contributed by atoms with Crippen molar-refractivity contribution < 1.29 is 4.74 Å². The Labute approximate surface area is 177 Å². The average Bonchev–Trinajstić information content (AvgIpc) is 2.62. The number of ether oxygens (including phenoxy) is 1. The minimum Gasteiger partial charge on any atom is -0.378 e. The molecule has 2 aliphatic rings. The van der Waals surface area contributed by atoms with E-state index in [1.54, 1.807) is 0 Å². The van der Waals surface area contributed by atoms with Gasteiger partial charge >= 0.3 is 0 Å². The van der Waals surface area contributed by atoms with Gasteiger partial charge in [-0.15, -0.1) is 24.0 Å². The maximum atomic E-state index is 5.99. The monoisotopic (exact) mass is 481 g/mol. The van der Waals surface area contributed by atoms with Crippen LogP contribution in [0.2, 0.25) is 0 Å². The largest absolute Gasteiger partial charge is 0.378 e. The van der Waals surface area contributed by atoms with Gasteiger partial charge < -0.3 is 20.3 Å². The smallest absolute Gasteiger partial charge is 0.191 e. The lowest BCUT2D eigenvalue weighted by Gasteiger charge is -2.36. The highest BCUT2D eigenvalue weighted by molar-refractivity contribution is 14.0. The molecule has 0 aromatic heterocycles. The number of likely N-dealkylation sites (N-methyl/N-ethyl adjacent to an activating group) is 2. The van der Waals surface area contributed by atoms with Crippen molar-refractivity contribution >= 4 is 29.9 Å². The van der Waals surface area contributed by atoms with Gasteiger partial charge in [0.2, 0.25) is 0 Å². The van der Waals surface area contributed by atoms with Crippen LogP contribution in [-0.2, 0) is 4.74 Å². The van der Waals surface area contributed by atoms with Crippen LogP contribution in [0.3, 0.4) is 0 Å². The summed E-state index contributed by atoms with van der Waals surface area (Å²) in [6, 6.07) is 0.504. The molecule has 1 heterocycles. The summed E-state index contributed by atoms with van der Waals surface area (Å²) in [6.45, 7) is 8.99. The molecule has 1 aliphatic heterocycles. The number of halogens is 1. The summed E-state index contributed by atoms with van der Waals surface area (Å²) in [6.07, 6.45) is 8.11. The SMILES string of the molecule is CCNC(=NCC1CN(C)CCN1C)NCCCOC1CCCCC1.I. The summed E-state index contributed by atoms with van der Waals surface area (Å²) in [4.78, 5) is 9.61. The summed E-state index contributed by atoms with van der Waals surface area (Å²) in [5, 5.41) is 6.81. The van der Waals surface area contributed by atoms with E-state index in [0.29, 0.717) is 12.1 Å². The number of guanidine groups is 1. The van der Waals surface area contributed by atoms with Gasteiger partial charge in [-0.3, -0.25) is 9.89 Å². The molecule has 0 aromatic carbocycles. The molecule has 0 aromatic rings. The highest BCUT2D eigenvalue weighted by Gasteiger charge is 2.21. The van der Waals surface area contributed by atoms with Gasteiger partial charge in [0, 0.05) is 45.4 Å². The number of nitrogens with zero attached hydrogens (tertiary/aromatic N) is 3. The molecule has 1 saturated carbocycles. The molecule has 1 saturated heterocycles. The maximum Gasteiger partial charge on any atom is 0.191 e. The van der Waals surface area contributed by atoms with E-state index in [1.165, 1.54) is 32.1 Å². The van der Waals surface area contributed by atoms with Gasteiger partial charge in [0.1, 0.15) is 0 Å². The second-order valence-corrected chi connectivity index (χ2v) is 7.53. The fraction of sp³-hybridized carbons (Fsp3) is 0.947. The van der Waals surface area contributed by atoms with Crippen LogP contribution in [0.4, 0.5) is 0 Å². The van der Waals surface area contributed by atoms with Gasteiger partial charge in [0.15, 0.2) is 5.96 Å². The van der Waals surface area contributed by atoms with E-state index in [4.69, 9.17) is 9.73 Å². The Morgan fingerprint density at radius 1 is 1.12 bits per heavy atom. The van der Waals surface area contributed by atoms with E-state index >= 15 is 0 Å². The van der Waals surface area contributed by atoms with Crippen molar-refractivity contribution in [3.8, 4) is 0 Å². The zero-order valence-corrected chi connectivity index (χ0v) is 19.3. The molecular formula is C19H40IN5O. The summed E-state index contributed by atoms with van der Waals surface area (Å²) in [7, 11) is 4.40. The van der Waals surface area contributed by atoms with Crippen LogP contribution < -0.4 is 10.6 Å². The third kappa shape index (κ3) is 9.19. The Kier molecular flexibility index (Phi) is 12.8. The first-order valence-electron chi connectivity index (χ1n) is 10.2. The number of piperazine rings is 1. The van der Waals surface area contributed by atoms with Gasteiger partial charge in [-0.2, -0.15) is 0 Å². The third-order valence-corrected chi connectivity index (χ3v) is 5.30. The Morgan fingerprint density at radius 3 is 2.62 bits per heavy atom. The average molecular weight is 481 g/mol. The minimum absolute atomic E-state index is 0. The van der Waals surface area contributed by atoms with Crippen LogP contribution in [0.1, 0.15) is 45.4 Å². The second kappa shape index (κ2) is 14.0. The first-order chi connectivity index (χ1) is 12.2. The quantitative estimate of drug-likeness (QED) is 0.241. The molecule has 0 radical (unpaired) electrons. The van der Waals surface area contributed by atoms with E-state index in [-0.39, 0.29) is 24.0 Å². The molecule has 0 amide bonds.